The zero-order valence-electron chi connectivity index (χ0n) is 13.2. The molecular weight excluding hydrogens is 354 g/mol. The Kier molecular flexibility index (Phi) is 4.67. The van der Waals surface area contributed by atoms with Gasteiger partial charge in [-0.15, -0.1) is 11.3 Å². The van der Waals surface area contributed by atoms with Crippen molar-refractivity contribution in [1.29, 1.82) is 0 Å². The van der Waals surface area contributed by atoms with Crippen molar-refractivity contribution in [1.82, 2.24) is 4.31 Å². The van der Waals surface area contributed by atoms with Gasteiger partial charge in [0.2, 0.25) is 0 Å². The fraction of sp³-hybridized carbons (Fsp3) is 0.600. The highest BCUT2D eigenvalue weighted by Crippen LogP contribution is 2.43. The molecule has 0 aromatic carbocycles. The number of carboxylic acid groups (broad SMARTS) is 1. The molecule has 1 saturated carbocycles. The average molecular weight is 373 g/mol. The molecule has 0 bridgehead atoms. The van der Waals surface area contributed by atoms with E-state index in [-0.39, 0.29) is 21.0 Å². The van der Waals surface area contributed by atoms with Crippen molar-refractivity contribution < 1.29 is 27.9 Å². The smallest absolute Gasteiger partial charge is 0.348 e. The minimum atomic E-state index is -3.96. The second-order valence-electron chi connectivity index (χ2n) is 6.15. The summed E-state index contributed by atoms with van der Waals surface area (Å²) in [6, 6.07) is 1.44. The van der Waals surface area contributed by atoms with E-state index in [1.54, 1.807) is 0 Å². The highest BCUT2D eigenvalue weighted by molar-refractivity contribution is 7.91. The molecule has 0 amide bonds. The topological polar surface area (TPSA) is 101 Å². The largest absolute Gasteiger partial charge is 0.480 e. The van der Waals surface area contributed by atoms with Gasteiger partial charge in [0.1, 0.15) is 15.1 Å². The number of esters is 1. The number of hydrogen-bond acceptors (Lipinski definition) is 6. The van der Waals surface area contributed by atoms with Crippen LogP contribution in [0.25, 0.3) is 0 Å². The van der Waals surface area contributed by atoms with Crippen LogP contribution < -0.4 is 0 Å². The van der Waals surface area contributed by atoms with Crippen LogP contribution in [-0.4, -0.2) is 49.0 Å². The molecule has 24 heavy (non-hydrogen) atoms. The molecule has 7 nitrogen and oxygen atoms in total. The van der Waals surface area contributed by atoms with E-state index in [0.717, 1.165) is 30.6 Å². The lowest BCUT2D eigenvalue weighted by molar-refractivity contribution is -0.141. The van der Waals surface area contributed by atoms with E-state index in [9.17, 15) is 23.1 Å². The number of carbonyl (C=O) groups excluding carboxylic acids is 1. The van der Waals surface area contributed by atoms with Crippen LogP contribution in [-0.2, 0) is 19.6 Å². The molecule has 0 spiro atoms. The number of hydrogen-bond donors (Lipinski definition) is 1. The molecular formula is C15H19NO6S2. The first kappa shape index (κ1) is 17.4. The molecule has 1 aromatic rings. The Labute approximate surface area is 144 Å². The minimum Gasteiger partial charge on any atom is -0.480 e. The second kappa shape index (κ2) is 6.45. The molecule has 1 aliphatic carbocycles. The van der Waals surface area contributed by atoms with E-state index in [1.807, 2.05) is 0 Å². The number of rotatable bonds is 4. The van der Waals surface area contributed by atoms with Gasteiger partial charge in [0.25, 0.3) is 10.0 Å². The van der Waals surface area contributed by atoms with E-state index >= 15 is 0 Å². The van der Waals surface area contributed by atoms with Crippen molar-refractivity contribution in [2.24, 2.45) is 5.92 Å². The fourth-order valence-electron chi connectivity index (χ4n) is 3.75. The Morgan fingerprint density at radius 1 is 1.29 bits per heavy atom. The Balaban J connectivity index is 1.98. The summed E-state index contributed by atoms with van der Waals surface area (Å²) in [6.07, 6.45) is 3.81. The molecule has 3 unspecified atom stereocenters. The Morgan fingerprint density at radius 3 is 2.67 bits per heavy atom. The van der Waals surface area contributed by atoms with Crippen molar-refractivity contribution in [3.63, 3.8) is 0 Å². The van der Waals surface area contributed by atoms with Crippen LogP contribution >= 0.6 is 11.3 Å². The number of aliphatic carboxylic acids is 1. The summed E-state index contributed by atoms with van der Waals surface area (Å²) in [5, 5.41) is 9.50. The van der Waals surface area contributed by atoms with Crippen molar-refractivity contribution >= 4 is 33.3 Å². The maximum Gasteiger partial charge on any atom is 0.348 e. The number of ether oxygens (including phenoxy) is 1. The van der Waals surface area contributed by atoms with E-state index in [2.05, 4.69) is 4.74 Å². The van der Waals surface area contributed by atoms with Gasteiger partial charge in [-0.2, -0.15) is 4.31 Å². The molecule has 2 heterocycles. The van der Waals surface area contributed by atoms with Crippen LogP contribution in [0.15, 0.2) is 16.3 Å². The van der Waals surface area contributed by atoms with Gasteiger partial charge < -0.3 is 9.84 Å². The van der Waals surface area contributed by atoms with Gasteiger partial charge in [0.05, 0.1) is 7.11 Å². The Hall–Kier alpha value is -1.45. The van der Waals surface area contributed by atoms with E-state index in [4.69, 9.17) is 0 Å². The SMILES string of the molecule is COC(=O)c1ccc(S(=O)(=O)N2C(C(=O)O)CC3CCCCC32)s1. The van der Waals surface area contributed by atoms with E-state index < -0.39 is 28.0 Å². The summed E-state index contributed by atoms with van der Waals surface area (Å²) in [6.45, 7) is 0. The van der Waals surface area contributed by atoms with Gasteiger partial charge in [-0.3, -0.25) is 4.79 Å². The maximum absolute atomic E-state index is 13.0. The minimum absolute atomic E-state index is 0.0135. The molecule has 3 rings (SSSR count). The summed E-state index contributed by atoms with van der Waals surface area (Å²) in [5.41, 5.74) is 0. The van der Waals surface area contributed by atoms with E-state index in [0.29, 0.717) is 12.8 Å². The van der Waals surface area contributed by atoms with Crippen LogP contribution in [0.5, 0.6) is 0 Å². The van der Waals surface area contributed by atoms with Crippen molar-refractivity contribution in [2.45, 2.75) is 48.4 Å². The summed E-state index contributed by atoms with van der Waals surface area (Å²) in [4.78, 5) is 23.4. The zero-order chi connectivity index (χ0) is 17.5. The van der Waals surface area contributed by atoms with Gasteiger partial charge in [-0.25, -0.2) is 13.2 Å². The number of carboxylic acids is 1. The highest BCUT2D eigenvalue weighted by Gasteiger charge is 2.51. The molecule has 9 heteroatoms. The lowest BCUT2D eigenvalue weighted by Crippen LogP contribution is -2.45. The van der Waals surface area contributed by atoms with Gasteiger partial charge >= 0.3 is 11.9 Å². The standard InChI is InChI=1S/C15H19NO6S2/c1-22-15(19)12-6-7-13(23-12)24(20,21)16-10-5-3-2-4-9(10)8-11(16)14(17)18/h6-7,9-11H,2-5,8H2,1H3,(H,17,18). The normalized spacial score (nSPS) is 27.6. The number of methoxy groups -OCH3 is 1. The first-order chi connectivity index (χ1) is 11.4. The molecule has 1 aliphatic heterocycles. The molecule has 1 N–H and O–H groups in total. The van der Waals surface area contributed by atoms with E-state index in [1.165, 1.54) is 23.5 Å². The molecule has 1 aromatic heterocycles. The average Bonchev–Trinajstić information content (AvgIpc) is 3.19. The predicted octanol–water partition coefficient (Wildman–Crippen LogP) is 1.94. The first-order valence-electron chi connectivity index (χ1n) is 7.80. The summed E-state index contributed by atoms with van der Waals surface area (Å²) < 4.78 is 31.9. The summed E-state index contributed by atoms with van der Waals surface area (Å²) in [5.74, 6) is -1.62. The third-order valence-corrected chi connectivity index (χ3v) is 8.28. The number of fused-ring (bicyclic) bond motifs is 1. The molecule has 1 saturated heterocycles. The Bertz CT molecular complexity index is 756. The maximum atomic E-state index is 13.0. The number of thiophene rings is 1. The van der Waals surface area contributed by atoms with Crippen LogP contribution in [0, 0.1) is 5.92 Å². The van der Waals surface area contributed by atoms with Crippen molar-refractivity contribution in [3.8, 4) is 0 Å². The number of nitrogens with zero attached hydrogens (tertiary/aromatic N) is 1. The molecule has 2 fully saturated rings. The zero-order valence-corrected chi connectivity index (χ0v) is 14.8. The highest BCUT2D eigenvalue weighted by atomic mass is 32.2. The first-order valence-corrected chi connectivity index (χ1v) is 10.1. The van der Waals surface area contributed by atoms with Crippen LogP contribution in [0.3, 0.4) is 0 Å². The van der Waals surface area contributed by atoms with Gasteiger partial charge in [-0.05, 0) is 37.3 Å². The predicted molar refractivity (Wildman–Crippen MR) is 86.5 cm³/mol. The monoisotopic (exact) mass is 373 g/mol. The van der Waals surface area contributed by atoms with Gasteiger partial charge in [-0.1, -0.05) is 12.8 Å². The van der Waals surface area contributed by atoms with Crippen molar-refractivity contribution in [2.75, 3.05) is 7.11 Å². The molecule has 3 atom stereocenters. The molecule has 2 aliphatic rings. The molecule has 132 valence electrons. The van der Waals surface area contributed by atoms with Crippen molar-refractivity contribution in [3.05, 3.63) is 17.0 Å². The third kappa shape index (κ3) is 2.84. The van der Waals surface area contributed by atoms with Crippen LogP contribution in [0.1, 0.15) is 41.8 Å². The van der Waals surface area contributed by atoms with Crippen LogP contribution in [0.2, 0.25) is 0 Å². The Morgan fingerprint density at radius 2 is 2.00 bits per heavy atom. The number of carbonyl (C=O) groups is 2. The lowest BCUT2D eigenvalue weighted by atomic mass is 9.85. The fourth-order valence-corrected chi connectivity index (χ4v) is 6.95. The second-order valence-corrected chi connectivity index (χ2v) is 9.30. The molecule has 0 radical (unpaired) electrons. The summed E-state index contributed by atoms with van der Waals surface area (Å²) >= 11 is 0.815. The summed E-state index contributed by atoms with van der Waals surface area (Å²) in [7, 11) is -2.73. The van der Waals surface area contributed by atoms with Gasteiger partial charge in [0.15, 0.2) is 0 Å². The number of sulfonamides is 1. The van der Waals surface area contributed by atoms with Gasteiger partial charge in [0, 0.05) is 6.04 Å². The lowest BCUT2D eigenvalue weighted by Gasteiger charge is -2.31. The quantitative estimate of drug-likeness (QED) is 0.810. The van der Waals surface area contributed by atoms with Crippen LogP contribution in [0.4, 0.5) is 0 Å². The third-order valence-electron chi connectivity index (χ3n) is 4.81.